The smallest absolute Gasteiger partial charge is 0.221 e. The number of carbonyl (C=O) groups excluding carboxylic acids is 1. The van der Waals surface area contributed by atoms with E-state index < -0.39 is 0 Å². The van der Waals surface area contributed by atoms with E-state index in [4.69, 9.17) is 5.26 Å². The van der Waals surface area contributed by atoms with Gasteiger partial charge in [0.1, 0.15) is 6.04 Å². The van der Waals surface area contributed by atoms with Crippen LogP contribution in [-0.2, 0) is 4.79 Å². The Morgan fingerprint density at radius 2 is 2.42 bits per heavy atom. The van der Waals surface area contributed by atoms with E-state index in [1.807, 2.05) is 6.07 Å². The first-order chi connectivity index (χ1) is 5.72. The summed E-state index contributed by atoms with van der Waals surface area (Å²) in [5.41, 5.74) is 0. The summed E-state index contributed by atoms with van der Waals surface area (Å²) in [6.45, 7) is 1.69. The Morgan fingerprint density at radius 1 is 1.75 bits per heavy atom. The number of amides is 1. The van der Waals surface area contributed by atoms with E-state index in [1.165, 1.54) is 19.3 Å². The first-order valence-corrected chi connectivity index (χ1v) is 4.41. The lowest BCUT2D eigenvalue weighted by Gasteiger charge is -2.24. The summed E-state index contributed by atoms with van der Waals surface area (Å²) in [5, 5.41) is 11.1. The quantitative estimate of drug-likeness (QED) is 0.685. The first-order valence-electron chi connectivity index (χ1n) is 4.41. The molecule has 1 fully saturated rings. The molecule has 0 heterocycles. The largest absolute Gasteiger partial charge is 0.341 e. The molecule has 0 radical (unpaired) electrons. The third-order valence-electron chi connectivity index (χ3n) is 2.27. The highest BCUT2D eigenvalue weighted by molar-refractivity contribution is 5.76. The van der Waals surface area contributed by atoms with E-state index >= 15 is 0 Å². The average Bonchev–Trinajstić information content (AvgIpc) is 1.97. The monoisotopic (exact) mass is 166 g/mol. The molecule has 1 amide bonds. The molecule has 1 N–H and O–H groups in total. The normalized spacial score (nSPS) is 19.0. The summed E-state index contributed by atoms with van der Waals surface area (Å²) in [5.74, 6) is 0.602. The van der Waals surface area contributed by atoms with Gasteiger partial charge in [-0.05, 0) is 25.7 Å². The molecule has 1 aliphatic carbocycles. The van der Waals surface area contributed by atoms with Crippen LogP contribution in [0.1, 0.15) is 32.6 Å². The molecule has 1 atom stereocenters. The first kappa shape index (κ1) is 9.05. The van der Waals surface area contributed by atoms with Crippen LogP contribution in [0, 0.1) is 17.2 Å². The van der Waals surface area contributed by atoms with Gasteiger partial charge in [0.15, 0.2) is 0 Å². The Hall–Kier alpha value is -1.04. The second-order valence-electron chi connectivity index (χ2n) is 3.42. The van der Waals surface area contributed by atoms with Gasteiger partial charge in [-0.2, -0.15) is 5.26 Å². The van der Waals surface area contributed by atoms with Crippen LogP contribution < -0.4 is 5.32 Å². The predicted octanol–water partition coefficient (Wildman–Crippen LogP) is 1.20. The van der Waals surface area contributed by atoms with Crippen LogP contribution in [0.2, 0.25) is 0 Å². The summed E-state index contributed by atoms with van der Waals surface area (Å²) in [6.07, 6.45) is 4.21. The average molecular weight is 166 g/mol. The fourth-order valence-electron chi connectivity index (χ4n) is 1.29. The molecular formula is C9H14N2O. The number of nitriles is 1. The van der Waals surface area contributed by atoms with Gasteiger partial charge >= 0.3 is 0 Å². The van der Waals surface area contributed by atoms with Crippen molar-refractivity contribution in [1.82, 2.24) is 5.32 Å². The maximum atomic E-state index is 11.2. The van der Waals surface area contributed by atoms with E-state index in [2.05, 4.69) is 5.32 Å². The molecule has 12 heavy (non-hydrogen) atoms. The van der Waals surface area contributed by atoms with Gasteiger partial charge in [0.05, 0.1) is 6.07 Å². The summed E-state index contributed by atoms with van der Waals surface area (Å²) in [6, 6.07) is 1.62. The number of nitrogens with one attached hydrogen (secondary N) is 1. The van der Waals surface area contributed by atoms with Crippen LogP contribution in [0.3, 0.4) is 0 Å². The third kappa shape index (κ3) is 2.54. The Morgan fingerprint density at radius 3 is 2.83 bits per heavy atom. The molecule has 0 aromatic rings. The van der Waals surface area contributed by atoms with Gasteiger partial charge in [0.2, 0.25) is 5.91 Å². The molecule has 0 bridgehead atoms. The lowest BCUT2D eigenvalue weighted by Crippen LogP contribution is -2.33. The van der Waals surface area contributed by atoms with Crippen molar-refractivity contribution in [1.29, 1.82) is 5.26 Å². The summed E-state index contributed by atoms with van der Waals surface area (Å²) >= 11 is 0. The second-order valence-corrected chi connectivity index (χ2v) is 3.42. The van der Waals surface area contributed by atoms with Crippen molar-refractivity contribution in [2.75, 3.05) is 0 Å². The van der Waals surface area contributed by atoms with Gasteiger partial charge in [-0.3, -0.25) is 4.79 Å². The van der Waals surface area contributed by atoms with Crippen molar-refractivity contribution in [3.8, 4) is 6.07 Å². The van der Waals surface area contributed by atoms with Gasteiger partial charge in [-0.1, -0.05) is 6.42 Å². The molecular weight excluding hydrogens is 152 g/mol. The topological polar surface area (TPSA) is 52.9 Å². The van der Waals surface area contributed by atoms with Gasteiger partial charge in [-0.25, -0.2) is 0 Å². The maximum absolute atomic E-state index is 11.2. The molecule has 3 heteroatoms. The third-order valence-corrected chi connectivity index (χ3v) is 2.27. The van der Waals surface area contributed by atoms with Crippen molar-refractivity contribution >= 4 is 5.91 Å². The lowest BCUT2D eigenvalue weighted by molar-refractivity contribution is -0.122. The second kappa shape index (κ2) is 4.10. The number of carbonyl (C=O) groups is 1. The molecule has 0 spiro atoms. The minimum atomic E-state index is -0.349. The fraction of sp³-hybridized carbons (Fsp3) is 0.778. The van der Waals surface area contributed by atoms with Crippen LogP contribution >= 0.6 is 0 Å². The van der Waals surface area contributed by atoms with Gasteiger partial charge < -0.3 is 5.32 Å². The Bertz CT molecular complexity index is 203. The SMILES string of the molecule is CC(C#N)NC(=O)CC1CCC1. The molecule has 0 aromatic heterocycles. The van der Waals surface area contributed by atoms with Crippen LogP contribution in [-0.4, -0.2) is 11.9 Å². The van der Waals surface area contributed by atoms with Crippen molar-refractivity contribution in [3.05, 3.63) is 0 Å². The molecule has 1 unspecified atom stereocenters. The van der Waals surface area contributed by atoms with Crippen molar-refractivity contribution in [2.45, 2.75) is 38.6 Å². The summed E-state index contributed by atoms with van der Waals surface area (Å²) < 4.78 is 0. The molecule has 0 saturated heterocycles. The highest BCUT2D eigenvalue weighted by atomic mass is 16.1. The standard InChI is InChI=1S/C9H14N2O/c1-7(6-10)11-9(12)5-8-3-2-4-8/h7-8H,2-5H2,1H3,(H,11,12). The molecule has 1 aliphatic rings. The summed E-state index contributed by atoms with van der Waals surface area (Å²) in [4.78, 5) is 11.2. The number of hydrogen-bond acceptors (Lipinski definition) is 2. The van der Waals surface area contributed by atoms with Crippen LogP contribution in [0.4, 0.5) is 0 Å². The van der Waals surface area contributed by atoms with E-state index in [0.717, 1.165) is 0 Å². The van der Waals surface area contributed by atoms with Gasteiger partial charge in [-0.15, -0.1) is 0 Å². The number of hydrogen-bond donors (Lipinski definition) is 1. The highest BCUT2D eigenvalue weighted by Gasteiger charge is 2.20. The molecule has 0 aliphatic heterocycles. The van der Waals surface area contributed by atoms with Crippen LogP contribution in [0.5, 0.6) is 0 Å². The maximum Gasteiger partial charge on any atom is 0.221 e. The van der Waals surface area contributed by atoms with E-state index in [0.29, 0.717) is 12.3 Å². The van der Waals surface area contributed by atoms with Gasteiger partial charge in [0.25, 0.3) is 0 Å². The highest BCUT2D eigenvalue weighted by Crippen LogP contribution is 2.29. The lowest BCUT2D eigenvalue weighted by atomic mass is 9.83. The Balaban J connectivity index is 2.15. The predicted molar refractivity (Wildman–Crippen MR) is 45.2 cm³/mol. The zero-order valence-corrected chi connectivity index (χ0v) is 7.34. The summed E-state index contributed by atoms with van der Waals surface area (Å²) in [7, 11) is 0. The van der Waals surface area contributed by atoms with Crippen LogP contribution in [0.25, 0.3) is 0 Å². The van der Waals surface area contributed by atoms with Crippen LogP contribution in [0.15, 0.2) is 0 Å². The fourth-order valence-corrected chi connectivity index (χ4v) is 1.29. The number of rotatable bonds is 3. The molecule has 1 saturated carbocycles. The van der Waals surface area contributed by atoms with Crippen molar-refractivity contribution < 1.29 is 4.79 Å². The van der Waals surface area contributed by atoms with E-state index in [-0.39, 0.29) is 11.9 Å². The minimum Gasteiger partial charge on any atom is -0.341 e. The minimum absolute atomic E-state index is 0.0220. The molecule has 1 rings (SSSR count). The molecule has 3 nitrogen and oxygen atoms in total. The zero-order chi connectivity index (χ0) is 8.97. The number of nitrogens with zero attached hydrogens (tertiary/aromatic N) is 1. The van der Waals surface area contributed by atoms with Crippen molar-refractivity contribution in [3.63, 3.8) is 0 Å². The van der Waals surface area contributed by atoms with Gasteiger partial charge in [0, 0.05) is 6.42 Å². The van der Waals surface area contributed by atoms with E-state index in [1.54, 1.807) is 6.92 Å². The Kier molecular flexibility index (Phi) is 3.09. The molecule has 0 aromatic carbocycles. The Labute approximate surface area is 72.8 Å². The van der Waals surface area contributed by atoms with Crippen molar-refractivity contribution in [2.24, 2.45) is 5.92 Å². The zero-order valence-electron chi connectivity index (χ0n) is 7.34. The molecule has 66 valence electrons. The van der Waals surface area contributed by atoms with E-state index in [9.17, 15) is 4.79 Å².